The van der Waals surface area contributed by atoms with Gasteiger partial charge in [-0.1, -0.05) is 0 Å². The lowest BCUT2D eigenvalue weighted by molar-refractivity contribution is -0.134. The fourth-order valence-electron chi connectivity index (χ4n) is 2.41. The summed E-state index contributed by atoms with van der Waals surface area (Å²) in [5.41, 5.74) is 5.65. The molecule has 2 N–H and O–H groups in total. The first-order chi connectivity index (χ1) is 7.27. The van der Waals surface area contributed by atoms with E-state index in [4.69, 9.17) is 10.5 Å². The molecular formula is C11H21ClN2O2. The van der Waals surface area contributed by atoms with Gasteiger partial charge in [-0.2, -0.15) is 0 Å². The van der Waals surface area contributed by atoms with Crippen molar-refractivity contribution in [2.75, 3.05) is 19.7 Å². The van der Waals surface area contributed by atoms with Crippen LogP contribution in [0.1, 0.15) is 26.2 Å². The third kappa shape index (κ3) is 2.67. The number of ether oxygens (including phenoxy) is 1. The van der Waals surface area contributed by atoms with Crippen LogP contribution in [0.15, 0.2) is 0 Å². The molecule has 0 bridgehead atoms. The predicted octanol–water partition coefficient (Wildman–Crippen LogP) is 0.783. The highest BCUT2D eigenvalue weighted by Gasteiger charge is 2.47. The maximum absolute atomic E-state index is 12.1. The number of nitrogens with two attached hydrogens (primary N) is 1. The van der Waals surface area contributed by atoms with E-state index in [1.165, 1.54) is 0 Å². The van der Waals surface area contributed by atoms with Gasteiger partial charge in [0.25, 0.3) is 0 Å². The van der Waals surface area contributed by atoms with Crippen LogP contribution in [0.2, 0.25) is 0 Å². The Bertz CT molecular complexity index is 250. The van der Waals surface area contributed by atoms with Gasteiger partial charge in [0.15, 0.2) is 0 Å². The number of nitrogens with zero attached hydrogens (tertiary/aromatic N) is 1. The molecule has 2 aliphatic rings. The molecule has 3 atom stereocenters. The summed E-state index contributed by atoms with van der Waals surface area (Å²) in [6.45, 7) is 4.15. The van der Waals surface area contributed by atoms with Crippen molar-refractivity contribution < 1.29 is 9.53 Å². The summed E-state index contributed by atoms with van der Waals surface area (Å²) >= 11 is 0. The van der Waals surface area contributed by atoms with Gasteiger partial charge in [-0.15, -0.1) is 12.4 Å². The lowest BCUT2D eigenvalue weighted by Crippen LogP contribution is -2.41. The lowest BCUT2D eigenvalue weighted by atomic mass is 10.2. The minimum absolute atomic E-state index is 0. The first-order valence-corrected chi connectivity index (χ1v) is 5.90. The molecule has 4 nitrogen and oxygen atoms in total. The van der Waals surface area contributed by atoms with E-state index in [1.54, 1.807) is 0 Å². The van der Waals surface area contributed by atoms with Crippen LogP contribution in [-0.4, -0.2) is 42.6 Å². The minimum Gasteiger partial charge on any atom is -0.378 e. The molecule has 1 saturated carbocycles. The van der Waals surface area contributed by atoms with Crippen molar-refractivity contribution in [1.82, 2.24) is 4.90 Å². The molecule has 0 spiro atoms. The summed E-state index contributed by atoms with van der Waals surface area (Å²) in [6, 6.07) is 0.278. The third-order valence-electron chi connectivity index (χ3n) is 3.36. The van der Waals surface area contributed by atoms with E-state index >= 15 is 0 Å². The number of rotatable bonds is 4. The molecule has 1 amide bonds. The number of hydrogen-bond acceptors (Lipinski definition) is 3. The van der Waals surface area contributed by atoms with Crippen LogP contribution in [0, 0.1) is 5.92 Å². The van der Waals surface area contributed by atoms with Crippen LogP contribution < -0.4 is 5.73 Å². The zero-order chi connectivity index (χ0) is 10.8. The second kappa shape index (κ2) is 5.84. The molecule has 5 heteroatoms. The van der Waals surface area contributed by atoms with Gasteiger partial charge in [-0.3, -0.25) is 4.79 Å². The molecule has 1 aliphatic heterocycles. The van der Waals surface area contributed by atoms with Gasteiger partial charge < -0.3 is 15.4 Å². The van der Waals surface area contributed by atoms with E-state index in [0.717, 1.165) is 25.8 Å². The third-order valence-corrected chi connectivity index (χ3v) is 3.36. The second-order valence-corrected chi connectivity index (χ2v) is 4.40. The SMILES string of the molecule is CCOC1CC1C(=O)N1CCCC1CN.Cl. The van der Waals surface area contributed by atoms with E-state index in [2.05, 4.69) is 0 Å². The molecule has 0 radical (unpaired) electrons. The normalized spacial score (nSPS) is 32.4. The van der Waals surface area contributed by atoms with Crippen molar-refractivity contribution in [3.05, 3.63) is 0 Å². The molecular weight excluding hydrogens is 228 g/mol. The van der Waals surface area contributed by atoms with Crippen molar-refractivity contribution in [1.29, 1.82) is 0 Å². The lowest BCUT2D eigenvalue weighted by Gasteiger charge is -2.23. The monoisotopic (exact) mass is 248 g/mol. The van der Waals surface area contributed by atoms with Crippen molar-refractivity contribution in [3.63, 3.8) is 0 Å². The van der Waals surface area contributed by atoms with E-state index in [0.29, 0.717) is 13.2 Å². The Morgan fingerprint density at radius 1 is 1.56 bits per heavy atom. The standard InChI is InChI=1S/C11H20N2O2.ClH/c1-2-15-10-6-9(10)11(14)13-5-3-4-8(13)7-12;/h8-10H,2-7,12H2,1H3;1H. The van der Waals surface area contributed by atoms with Crippen LogP contribution in [0.25, 0.3) is 0 Å². The first-order valence-electron chi connectivity index (χ1n) is 5.90. The molecule has 1 aliphatic carbocycles. The number of carbonyl (C=O) groups is 1. The summed E-state index contributed by atoms with van der Waals surface area (Å²) in [6.07, 6.45) is 3.25. The zero-order valence-electron chi connectivity index (χ0n) is 9.72. The zero-order valence-corrected chi connectivity index (χ0v) is 10.5. The van der Waals surface area contributed by atoms with E-state index in [9.17, 15) is 4.79 Å². The maximum atomic E-state index is 12.1. The van der Waals surface area contributed by atoms with Crippen LogP contribution in [0.5, 0.6) is 0 Å². The largest absolute Gasteiger partial charge is 0.378 e. The molecule has 0 aromatic rings. The molecule has 1 heterocycles. The molecule has 2 fully saturated rings. The topological polar surface area (TPSA) is 55.6 Å². The van der Waals surface area contributed by atoms with Crippen LogP contribution in [0.3, 0.4) is 0 Å². The summed E-state index contributed by atoms with van der Waals surface area (Å²) in [5.74, 6) is 0.388. The summed E-state index contributed by atoms with van der Waals surface area (Å²) < 4.78 is 5.44. The van der Waals surface area contributed by atoms with Crippen molar-refractivity contribution >= 4 is 18.3 Å². The Balaban J connectivity index is 0.00000128. The average molecular weight is 249 g/mol. The van der Waals surface area contributed by atoms with Crippen LogP contribution in [-0.2, 0) is 9.53 Å². The fraction of sp³-hybridized carbons (Fsp3) is 0.909. The number of amides is 1. The Labute approximate surface area is 103 Å². The smallest absolute Gasteiger partial charge is 0.228 e. The van der Waals surface area contributed by atoms with Gasteiger partial charge in [0, 0.05) is 25.7 Å². The highest BCUT2D eigenvalue weighted by molar-refractivity contribution is 5.85. The Morgan fingerprint density at radius 3 is 2.94 bits per heavy atom. The number of hydrogen-bond donors (Lipinski definition) is 1. The van der Waals surface area contributed by atoms with Crippen molar-refractivity contribution in [3.8, 4) is 0 Å². The first kappa shape index (κ1) is 13.7. The fourth-order valence-corrected chi connectivity index (χ4v) is 2.41. The second-order valence-electron chi connectivity index (χ2n) is 4.40. The average Bonchev–Trinajstić information content (AvgIpc) is 2.84. The number of carbonyl (C=O) groups excluding carboxylic acids is 1. The predicted molar refractivity (Wildman–Crippen MR) is 64.6 cm³/mol. The van der Waals surface area contributed by atoms with Gasteiger partial charge in [0.1, 0.15) is 0 Å². The van der Waals surface area contributed by atoms with Gasteiger partial charge in [-0.25, -0.2) is 0 Å². The molecule has 0 aromatic heterocycles. The van der Waals surface area contributed by atoms with Gasteiger partial charge >= 0.3 is 0 Å². The minimum atomic E-state index is 0. The highest BCUT2D eigenvalue weighted by atomic mass is 35.5. The summed E-state index contributed by atoms with van der Waals surface area (Å²) in [7, 11) is 0. The Hall–Kier alpha value is -0.320. The van der Waals surface area contributed by atoms with Crippen LogP contribution >= 0.6 is 12.4 Å². The van der Waals surface area contributed by atoms with E-state index in [-0.39, 0.29) is 36.4 Å². The highest BCUT2D eigenvalue weighted by Crippen LogP contribution is 2.37. The molecule has 3 unspecified atom stereocenters. The molecule has 2 rings (SSSR count). The molecule has 1 saturated heterocycles. The van der Waals surface area contributed by atoms with Crippen molar-refractivity contribution in [2.24, 2.45) is 11.7 Å². The Kier molecular flexibility index (Phi) is 5.02. The molecule has 16 heavy (non-hydrogen) atoms. The maximum Gasteiger partial charge on any atom is 0.228 e. The quantitative estimate of drug-likeness (QED) is 0.800. The number of likely N-dealkylation sites (tertiary alicyclic amines) is 1. The van der Waals surface area contributed by atoms with Gasteiger partial charge in [0.05, 0.1) is 12.0 Å². The molecule has 94 valence electrons. The van der Waals surface area contributed by atoms with Crippen molar-refractivity contribution in [2.45, 2.75) is 38.3 Å². The van der Waals surface area contributed by atoms with Gasteiger partial charge in [-0.05, 0) is 26.2 Å². The number of halogens is 1. The van der Waals surface area contributed by atoms with Crippen LogP contribution in [0.4, 0.5) is 0 Å². The molecule has 0 aromatic carbocycles. The Morgan fingerprint density at radius 2 is 2.31 bits per heavy atom. The van der Waals surface area contributed by atoms with E-state index < -0.39 is 0 Å². The summed E-state index contributed by atoms with van der Waals surface area (Å²) in [5, 5.41) is 0. The summed E-state index contributed by atoms with van der Waals surface area (Å²) in [4.78, 5) is 14.0. The van der Waals surface area contributed by atoms with E-state index in [1.807, 2.05) is 11.8 Å². The van der Waals surface area contributed by atoms with Gasteiger partial charge in [0.2, 0.25) is 5.91 Å².